The lowest BCUT2D eigenvalue weighted by atomic mass is 10.00. The zero-order valence-electron chi connectivity index (χ0n) is 20.1. The second-order valence-electron chi connectivity index (χ2n) is 8.68. The van der Waals surface area contributed by atoms with Gasteiger partial charge in [-0.15, -0.1) is 0 Å². The Balaban J connectivity index is 1.74. The number of nitrogens with zero attached hydrogens (tertiary/aromatic N) is 5. The maximum Gasteiger partial charge on any atom is 0.182 e. The van der Waals surface area contributed by atoms with E-state index >= 15 is 0 Å². The fraction of sp³-hybridized carbons (Fsp3) is 0.333. The predicted molar refractivity (Wildman–Crippen MR) is 122 cm³/mol. The summed E-state index contributed by atoms with van der Waals surface area (Å²) >= 11 is 6.34. The van der Waals surface area contributed by atoms with Crippen LogP contribution in [0.2, 0.25) is 5.02 Å². The molecule has 0 radical (unpaired) electrons. The van der Waals surface area contributed by atoms with Crippen LogP contribution in [0, 0.1) is 5.82 Å². The quantitative estimate of drug-likeness (QED) is 0.384. The third kappa shape index (κ3) is 4.28. The molecule has 5 rings (SSSR count). The van der Waals surface area contributed by atoms with Crippen molar-refractivity contribution in [3.8, 4) is 34.0 Å². The van der Waals surface area contributed by atoms with Gasteiger partial charge in [0.1, 0.15) is 11.5 Å². The maximum absolute atomic E-state index is 14.9. The van der Waals surface area contributed by atoms with Crippen LogP contribution in [0.25, 0.3) is 34.0 Å². The number of benzene rings is 1. The summed E-state index contributed by atoms with van der Waals surface area (Å²) in [5.41, 5.74) is 0.426. The second kappa shape index (κ2) is 8.35. The van der Waals surface area contributed by atoms with E-state index in [0.29, 0.717) is 16.8 Å². The van der Waals surface area contributed by atoms with Crippen molar-refractivity contribution < 1.29 is 16.8 Å². The molecule has 9 heteroatoms. The first-order valence-electron chi connectivity index (χ1n) is 11.6. The van der Waals surface area contributed by atoms with E-state index in [0.717, 1.165) is 12.8 Å². The van der Waals surface area contributed by atoms with Crippen LogP contribution in [-0.4, -0.2) is 35.6 Å². The fourth-order valence-electron chi connectivity index (χ4n) is 3.68. The average molecular weight is 470 g/mol. The molecule has 0 amide bonds. The van der Waals surface area contributed by atoms with Gasteiger partial charge in [-0.3, -0.25) is 4.68 Å². The van der Waals surface area contributed by atoms with Gasteiger partial charge in [0.15, 0.2) is 11.6 Å². The highest BCUT2D eigenvalue weighted by molar-refractivity contribution is 6.33. The SMILES string of the molecule is [2H]C([2H])(CC(C)(C)O)n1ncc(-c2onc(-c3c(F)cccc3Cl)c2-c2ncccn2)c1C1CC1. The van der Waals surface area contributed by atoms with Crippen LogP contribution in [0.4, 0.5) is 4.39 Å². The monoisotopic (exact) mass is 469 g/mol. The van der Waals surface area contributed by atoms with Gasteiger partial charge in [0.05, 0.1) is 41.9 Å². The molecule has 0 atom stereocenters. The first kappa shape index (κ1) is 19.4. The van der Waals surface area contributed by atoms with E-state index in [-0.39, 0.29) is 40.2 Å². The number of aromatic nitrogens is 5. The summed E-state index contributed by atoms with van der Waals surface area (Å²) in [6.07, 6.45) is 6.17. The molecule has 0 unspecified atom stereocenters. The standard InChI is InChI=1S/C24H23ClFN5O2/c1-24(2,32)9-12-31-21(14-7-8-14)15(13-29-31)22-19(23-27-10-4-11-28-23)20(30-33-22)18-16(25)5-3-6-17(18)26/h3-6,10-11,13-14,32H,7-9,12H2,1-2H3/i12D2. The Morgan fingerprint density at radius 2 is 2.00 bits per heavy atom. The van der Waals surface area contributed by atoms with Gasteiger partial charge in [-0.25, -0.2) is 14.4 Å². The molecule has 1 N–H and O–H groups in total. The fourth-order valence-corrected chi connectivity index (χ4v) is 3.93. The highest BCUT2D eigenvalue weighted by Crippen LogP contribution is 2.48. The van der Waals surface area contributed by atoms with Crippen molar-refractivity contribution in [3.63, 3.8) is 0 Å². The minimum atomic E-state index is -1.96. The number of hydrogen-bond donors (Lipinski definition) is 1. The average Bonchev–Trinajstić information content (AvgIpc) is 3.36. The number of hydrogen-bond acceptors (Lipinski definition) is 6. The summed E-state index contributed by atoms with van der Waals surface area (Å²) in [7, 11) is 0. The zero-order valence-corrected chi connectivity index (χ0v) is 18.8. The molecule has 170 valence electrons. The second-order valence-corrected chi connectivity index (χ2v) is 9.09. The Bertz CT molecular complexity index is 1360. The van der Waals surface area contributed by atoms with Crippen molar-refractivity contribution in [1.29, 1.82) is 0 Å². The molecule has 1 saturated carbocycles. The molecule has 1 aromatic carbocycles. The van der Waals surface area contributed by atoms with E-state index < -0.39 is 17.9 Å². The molecule has 3 aromatic heterocycles. The van der Waals surface area contributed by atoms with E-state index in [9.17, 15) is 9.50 Å². The molecule has 0 aliphatic heterocycles. The van der Waals surface area contributed by atoms with Crippen LogP contribution >= 0.6 is 11.6 Å². The molecule has 4 aromatic rings. The molecule has 33 heavy (non-hydrogen) atoms. The van der Waals surface area contributed by atoms with E-state index in [1.54, 1.807) is 38.4 Å². The van der Waals surface area contributed by atoms with Crippen molar-refractivity contribution in [3.05, 3.63) is 59.4 Å². The normalized spacial score (nSPS) is 15.4. The maximum atomic E-state index is 14.9. The predicted octanol–water partition coefficient (Wildman–Crippen LogP) is 5.49. The molecular formula is C24H23ClFN5O2. The third-order valence-electron chi connectivity index (χ3n) is 5.36. The van der Waals surface area contributed by atoms with E-state index in [2.05, 4.69) is 20.2 Å². The summed E-state index contributed by atoms with van der Waals surface area (Å²) in [6, 6.07) is 6.00. The highest BCUT2D eigenvalue weighted by atomic mass is 35.5. The van der Waals surface area contributed by atoms with Gasteiger partial charge in [-0.1, -0.05) is 22.8 Å². The Morgan fingerprint density at radius 1 is 1.24 bits per heavy atom. The molecule has 7 nitrogen and oxygen atoms in total. The minimum absolute atomic E-state index is 0.0551. The van der Waals surface area contributed by atoms with Crippen LogP contribution in [-0.2, 0) is 6.50 Å². The minimum Gasteiger partial charge on any atom is -0.390 e. The van der Waals surface area contributed by atoms with E-state index in [1.807, 2.05) is 0 Å². The van der Waals surface area contributed by atoms with Crippen LogP contribution in [0.15, 0.2) is 47.4 Å². The first-order valence-corrected chi connectivity index (χ1v) is 11.0. The van der Waals surface area contributed by atoms with Crippen molar-refractivity contribution in [2.24, 2.45) is 0 Å². The lowest BCUT2D eigenvalue weighted by Crippen LogP contribution is -2.22. The molecule has 1 aliphatic carbocycles. The highest BCUT2D eigenvalue weighted by Gasteiger charge is 2.35. The van der Waals surface area contributed by atoms with E-state index in [4.69, 9.17) is 18.9 Å². The molecule has 0 saturated heterocycles. The zero-order chi connectivity index (χ0) is 25.0. The summed E-state index contributed by atoms with van der Waals surface area (Å²) in [5, 5.41) is 19.0. The smallest absolute Gasteiger partial charge is 0.182 e. The summed E-state index contributed by atoms with van der Waals surface area (Å²) in [5.74, 6) is -0.0153. The van der Waals surface area contributed by atoms with Crippen molar-refractivity contribution in [2.75, 3.05) is 0 Å². The first-order chi connectivity index (χ1) is 16.6. The molecule has 0 bridgehead atoms. The van der Waals surface area contributed by atoms with Crippen LogP contribution in [0.1, 0.15) is 47.5 Å². The van der Waals surface area contributed by atoms with Crippen LogP contribution in [0.5, 0.6) is 0 Å². The molecule has 0 spiro atoms. The number of rotatable bonds is 7. The lowest BCUT2D eigenvalue weighted by Gasteiger charge is -2.18. The van der Waals surface area contributed by atoms with Crippen molar-refractivity contribution >= 4 is 11.6 Å². The van der Waals surface area contributed by atoms with E-state index in [1.165, 1.54) is 23.0 Å². The van der Waals surface area contributed by atoms with Gasteiger partial charge >= 0.3 is 0 Å². The van der Waals surface area contributed by atoms with Gasteiger partial charge in [0.2, 0.25) is 0 Å². The lowest BCUT2D eigenvalue weighted by molar-refractivity contribution is 0.0648. The van der Waals surface area contributed by atoms with Gasteiger partial charge < -0.3 is 9.63 Å². The van der Waals surface area contributed by atoms with Gasteiger partial charge in [-0.05, 0) is 51.3 Å². The third-order valence-corrected chi connectivity index (χ3v) is 5.67. The number of aryl methyl sites for hydroxylation is 1. The molecule has 3 heterocycles. The Morgan fingerprint density at radius 3 is 2.67 bits per heavy atom. The van der Waals surface area contributed by atoms with Crippen molar-refractivity contribution in [1.82, 2.24) is 24.9 Å². The van der Waals surface area contributed by atoms with Gasteiger partial charge in [0.25, 0.3) is 0 Å². The van der Waals surface area contributed by atoms with Gasteiger partial charge in [0, 0.05) is 24.8 Å². The largest absolute Gasteiger partial charge is 0.390 e. The number of aliphatic hydroxyl groups is 1. The Labute approximate surface area is 198 Å². The Kier molecular flexibility index (Phi) is 4.90. The number of halogens is 2. The molecular weight excluding hydrogens is 445 g/mol. The molecule has 1 fully saturated rings. The van der Waals surface area contributed by atoms with Crippen LogP contribution in [0.3, 0.4) is 0 Å². The molecule has 1 aliphatic rings. The summed E-state index contributed by atoms with van der Waals surface area (Å²) in [6.45, 7) is 1.14. The summed E-state index contributed by atoms with van der Waals surface area (Å²) in [4.78, 5) is 8.67. The van der Waals surface area contributed by atoms with Crippen LogP contribution < -0.4 is 0 Å². The summed E-state index contributed by atoms with van der Waals surface area (Å²) < 4.78 is 39.2. The van der Waals surface area contributed by atoms with Gasteiger partial charge in [-0.2, -0.15) is 5.10 Å². The van der Waals surface area contributed by atoms with Crippen molar-refractivity contribution in [2.45, 2.75) is 51.1 Å². The topological polar surface area (TPSA) is 89.9 Å². The Hall–Kier alpha value is -3.10.